The highest BCUT2D eigenvalue weighted by atomic mass is 16.6. The van der Waals surface area contributed by atoms with E-state index in [9.17, 15) is 14.9 Å². The van der Waals surface area contributed by atoms with Crippen LogP contribution in [0.4, 0.5) is 5.69 Å². The lowest BCUT2D eigenvalue weighted by Gasteiger charge is -2.08. The van der Waals surface area contributed by atoms with Gasteiger partial charge in [0, 0.05) is 13.0 Å². The molecule has 0 N–H and O–H groups in total. The van der Waals surface area contributed by atoms with Gasteiger partial charge in [-0.1, -0.05) is 13.8 Å². The first-order chi connectivity index (χ1) is 9.34. The first-order valence-corrected chi connectivity index (χ1v) is 6.12. The predicted molar refractivity (Wildman–Crippen MR) is 68.9 cm³/mol. The highest BCUT2D eigenvalue weighted by molar-refractivity contribution is 5.82. The van der Waals surface area contributed by atoms with Crippen LogP contribution in [0.3, 0.4) is 0 Å². The second kappa shape index (κ2) is 6.14. The summed E-state index contributed by atoms with van der Waals surface area (Å²) < 4.78 is 5.99. The van der Waals surface area contributed by atoms with Gasteiger partial charge in [-0.2, -0.15) is 10.4 Å². The number of nitro groups is 1. The second-order valence-electron chi connectivity index (χ2n) is 4.47. The summed E-state index contributed by atoms with van der Waals surface area (Å²) >= 11 is 0. The average molecular weight is 280 g/mol. The Bertz CT molecular complexity index is 571. The van der Waals surface area contributed by atoms with E-state index >= 15 is 0 Å². The number of nitrogens with zero attached hydrogens (tertiary/aromatic N) is 4. The molecule has 1 heterocycles. The second-order valence-corrected chi connectivity index (χ2v) is 4.47. The Labute approximate surface area is 116 Å². The van der Waals surface area contributed by atoms with Crippen LogP contribution in [-0.4, -0.2) is 27.3 Å². The van der Waals surface area contributed by atoms with Crippen molar-refractivity contribution in [3.8, 4) is 6.07 Å². The van der Waals surface area contributed by atoms with Crippen molar-refractivity contribution in [1.29, 1.82) is 5.26 Å². The number of carbonyl (C=O) groups excluding carboxylic acids is 1. The van der Waals surface area contributed by atoms with Crippen LogP contribution in [0.1, 0.15) is 44.0 Å². The minimum Gasteiger partial charge on any atom is -0.465 e. The van der Waals surface area contributed by atoms with Gasteiger partial charge >= 0.3 is 11.7 Å². The highest BCUT2D eigenvalue weighted by Crippen LogP contribution is 2.34. The van der Waals surface area contributed by atoms with E-state index in [1.54, 1.807) is 26.8 Å². The Balaban J connectivity index is 3.47. The van der Waals surface area contributed by atoms with Crippen molar-refractivity contribution in [3.05, 3.63) is 21.5 Å². The van der Waals surface area contributed by atoms with Crippen molar-refractivity contribution in [2.24, 2.45) is 7.05 Å². The van der Waals surface area contributed by atoms with E-state index in [0.29, 0.717) is 0 Å². The topological polar surface area (TPSA) is 111 Å². The molecule has 0 fully saturated rings. The van der Waals surface area contributed by atoms with E-state index in [1.807, 2.05) is 0 Å². The normalized spacial score (nSPS) is 12.0. The van der Waals surface area contributed by atoms with Gasteiger partial charge in [0.2, 0.25) is 0 Å². The highest BCUT2D eigenvalue weighted by Gasteiger charge is 2.37. The molecule has 0 aromatic carbocycles. The van der Waals surface area contributed by atoms with Crippen LogP contribution in [0.5, 0.6) is 0 Å². The summed E-state index contributed by atoms with van der Waals surface area (Å²) in [6.45, 7) is 5.21. The van der Waals surface area contributed by atoms with Crippen LogP contribution >= 0.6 is 0 Å². The number of rotatable bonds is 5. The zero-order valence-electron chi connectivity index (χ0n) is 11.8. The largest absolute Gasteiger partial charge is 0.465 e. The number of nitriles is 1. The Morgan fingerprint density at radius 2 is 2.20 bits per heavy atom. The van der Waals surface area contributed by atoms with Crippen molar-refractivity contribution in [1.82, 2.24) is 9.78 Å². The first-order valence-electron chi connectivity index (χ1n) is 6.12. The maximum atomic E-state index is 11.8. The van der Waals surface area contributed by atoms with Crippen molar-refractivity contribution in [2.45, 2.75) is 32.6 Å². The smallest absolute Gasteiger partial charge is 0.329 e. The van der Waals surface area contributed by atoms with Crippen molar-refractivity contribution in [3.63, 3.8) is 0 Å². The minimum atomic E-state index is -1.36. The molecular formula is C12H16N4O4. The van der Waals surface area contributed by atoms with E-state index in [-0.39, 0.29) is 29.6 Å². The van der Waals surface area contributed by atoms with Crippen molar-refractivity contribution >= 4 is 11.7 Å². The molecule has 0 amide bonds. The van der Waals surface area contributed by atoms with Gasteiger partial charge in [-0.05, 0) is 6.92 Å². The lowest BCUT2D eigenvalue weighted by atomic mass is 10.0. The molecule has 0 saturated heterocycles. The number of hydrogen-bond donors (Lipinski definition) is 0. The van der Waals surface area contributed by atoms with Crippen molar-refractivity contribution in [2.75, 3.05) is 6.61 Å². The summed E-state index contributed by atoms with van der Waals surface area (Å²) in [4.78, 5) is 22.4. The fourth-order valence-electron chi connectivity index (χ4n) is 1.90. The number of aromatic nitrogens is 2. The fourth-order valence-corrected chi connectivity index (χ4v) is 1.90. The molecular weight excluding hydrogens is 264 g/mol. The Morgan fingerprint density at radius 1 is 1.60 bits per heavy atom. The zero-order valence-corrected chi connectivity index (χ0v) is 11.8. The third-order valence-corrected chi connectivity index (χ3v) is 2.75. The standard InChI is InChI=1S/C12H16N4O4/c1-5-20-12(17)8(6-13)10-11(16(18)19)9(7(2)3)14-15(10)4/h7-8H,5H2,1-4H3. The van der Waals surface area contributed by atoms with Crippen LogP contribution in [0, 0.1) is 21.4 Å². The van der Waals surface area contributed by atoms with Gasteiger partial charge in [-0.25, -0.2) is 0 Å². The van der Waals surface area contributed by atoms with Gasteiger partial charge in [0.15, 0.2) is 5.92 Å². The average Bonchev–Trinajstić information content (AvgIpc) is 2.69. The molecule has 1 rings (SSSR count). The Hall–Kier alpha value is -2.43. The van der Waals surface area contributed by atoms with E-state index in [1.165, 1.54) is 11.7 Å². The van der Waals surface area contributed by atoms with Gasteiger partial charge in [0.25, 0.3) is 0 Å². The summed E-state index contributed by atoms with van der Waals surface area (Å²) in [6.07, 6.45) is 0. The van der Waals surface area contributed by atoms with Crippen LogP contribution in [0.25, 0.3) is 0 Å². The Kier molecular flexibility index (Phi) is 4.80. The molecule has 1 aromatic rings. The summed E-state index contributed by atoms with van der Waals surface area (Å²) in [5.74, 6) is -2.37. The molecule has 0 saturated carbocycles. The molecule has 0 bridgehead atoms. The number of aryl methyl sites for hydroxylation is 1. The third-order valence-electron chi connectivity index (χ3n) is 2.75. The van der Waals surface area contributed by atoms with E-state index in [2.05, 4.69) is 5.10 Å². The van der Waals surface area contributed by atoms with Gasteiger partial charge in [-0.3, -0.25) is 19.6 Å². The molecule has 1 unspecified atom stereocenters. The first kappa shape index (κ1) is 15.6. The van der Waals surface area contributed by atoms with Crippen molar-refractivity contribution < 1.29 is 14.5 Å². The molecule has 0 aliphatic heterocycles. The number of hydrogen-bond acceptors (Lipinski definition) is 6. The molecule has 0 radical (unpaired) electrons. The lowest BCUT2D eigenvalue weighted by Crippen LogP contribution is -2.18. The number of carbonyl (C=O) groups is 1. The van der Waals surface area contributed by atoms with Gasteiger partial charge in [-0.15, -0.1) is 0 Å². The van der Waals surface area contributed by atoms with Crippen LogP contribution in [-0.2, 0) is 16.6 Å². The lowest BCUT2D eigenvalue weighted by molar-refractivity contribution is -0.386. The van der Waals surface area contributed by atoms with Crippen LogP contribution in [0.15, 0.2) is 0 Å². The van der Waals surface area contributed by atoms with E-state index < -0.39 is 16.8 Å². The molecule has 108 valence electrons. The molecule has 20 heavy (non-hydrogen) atoms. The fraction of sp³-hybridized carbons (Fsp3) is 0.583. The maximum Gasteiger partial charge on any atom is 0.329 e. The van der Waals surface area contributed by atoms with Crippen LogP contribution < -0.4 is 0 Å². The number of ether oxygens (including phenoxy) is 1. The zero-order chi connectivity index (χ0) is 15.4. The monoisotopic (exact) mass is 280 g/mol. The van der Waals surface area contributed by atoms with E-state index in [0.717, 1.165) is 0 Å². The molecule has 8 heteroatoms. The summed E-state index contributed by atoms with van der Waals surface area (Å²) in [6, 6.07) is 1.75. The molecule has 8 nitrogen and oxygen atoms in total. The minimum absolute atomic E-state index is 0.0420. The quantitative estimate of drug-likeness (QED) is 0.460. The molecule has 0 spiro atoms. The Morgan fingerprint density at radius 3 is 2.60 bits per heavy atom. The summed E-state index contributed by atoms with van der Waals surface area (Å²) in [7, 11) is 1.47. The van der Waals surface area contributed by atoms with Crippen LogP contribution in [0.2, 0.25) is 0 Å². The molecule has 0 aliphatic carbocycles. The SMILES string of the molecule is CCOC(=O)C(C#N)c1c([N+](=O)[O-])c(C(C)C)nn1C. The van der Waals surface area contributed by atoms with Gasteiger partial charge < -0.3 is 4.74 Å². The van der Waals surface area contributed by atoms with Gasteiger partial charge in [0.1, 0.15) is 11.4 Å². The maximum absolute atomic E-state index is 11.8. The van der Waals surface area contributed by atoms with E-state index in [4.69, 9.17) is 10.00 Å². The molecule has 1 aromatic heterocycles. The summed E-state index contributed by atoms with van der Waals surface area (Å²) in [5, 5.41) is 24.5. The predicted octanol–water partition coefficient (Wildman–Crippen LogP) is 1.62. The molecule has 1 atom stereocenters. The molecule has 0 aliphatic rings. The number of esters is 1. The summed E-state index contributed by atoms with van der Waals surface area (Å²) in [5.41, 5.74) is -0.0844. The third kappa shape index (κ3) is 2.77. The van der Waals surface area contributed by atoms with Gasteiger partial charge in [0.05, 0.1) is 17.6 Å².